The molecule has 0 aliphatic carbocycles. The highest BCUT2D eigenvalue weighted by Gasteiger charge is 2.16. The standard InChI is InChI=1S/C57H104O5/c1-3-5-7-9-11-13-15-17-19-21-22-23-24-25-26-27-28-29-30-31-32-33-34-36-37-39-41-43-45-47-49-51-56(59)61-54-55(53-58)62-57(60)52-50-48-46-44-42-40-38-35-20-18-16-14-12-10-8-6-4-2/h6,8,12,14,18,20-22,55,58H,3-5,7,9-11,13,15-17,19,23-54H2,1-2H3/b8-6-,14-12-,20-18-,22-21-. The molecule has 362 valence electrons. The molecular weight excluding hydrogens is 765 g/mol. The molecule has 0 amide bonds. The lowest BCUT2D eigenvalue weighted by Crippen LogP contribution is -2.28. The Morgan fingerprint density at radius 2 is 0.694 bits per heavy atom. The zero-order chi connectivity index (χ0) is 44.9. The average molecular weight is 869 g/mol. The summed E-state index contributed by atoms with van der Waals surface area (Å²) in [6, 6.07) is 0. The monoisotopic (exact) mass is 869 g/mol. The normalized spacial score (nSPS) is 12.5. The van der Waals surface area contributed by atoms with Crippen LogP contribution in [-0.4, -0.2) is 36.4 Å². The van der Waals surface area contributed by atoms with Gasteiger partial charge in [-0.1, -0.05) is 249 Å². The molecule has 0 aromatic rings. The lowest BCUT2D eigenvalue weighted by molar-refractivity contribution is -0.161. The first-order chi connectivity index (χ1) is 30.6. The maximum atomic E-state index is 12.2. The molecule has 0 saturated carbocycles. The summed E-state index contributed by atoms with van der Waals surface area (Å²) in [4.78, 5) is 24.5. The van der Waals surface area contributed by atoms with Crippen molar-refractivity contribution >= 4 is 11.9 Å². The molecule has 0 radical (unpaired) electrons. The molecular formula is C57H104O5. The van der Waals surface area contributed by atoms with Crippen molar-refractivity contribution in [2.75, 3.05) is 13.2 Å². The Balaban J connectivity index is 3.43. The Labute approximate surface area is 386 Å². The highest BCUT2D eigenvalue weighted by Crippen LogP contribution is 2.17. The van der Waals surface area contributed by atoms with Gasteiger partial charge < -0.3 is 14.6 Å². The van der Waals surface area contributed by atoms with Crippen LogP contribution in [0, 0.1) is 0 Å². The van der Waals surface area contributed by atoms with Crippen LogP contribution >= 0.6 is 0 Å². The van der Waals surface area contributed by atoms with Crippen LogP contribution in [0.5, 0.6) is 0 Å². The summed E-state index contributed by atoms with van der Waals surface area (Å²) in [5.74, 6) is -0.592. The van der Waals surface area contributed by atoms with Crippen LogP contribution in [0.2, 0.25) is 0 Å². The zero-order valence-electron chi connectivity index (χ0n) is 41.4. The number of ether oxygens (including phenoxy) is 2. The van der Waals surface area contributed by atoms with Gasteiger partial charge >= 0.3 is 11.9 Å². The van der Waals surface area contributed by atoms with Gasteiger partial charge in [-0.15, -0.1) is 0 Å². The van der Waals surface area contributed by atoms with Gasteiger partial charge in [-0.25, -0.2) is 0 Å². The van der Waals surface area contributed by atoms with Gasteiger partial charge in [0, 0.05) is 12.8 Å². The molecule has 0 heterocycles. The van der Waals surface area contributed by atoms with Crippen molar-refractivity contribution in [1.29, 1.82) is 0 Å². The second-order valence-electron chi connectivity index (χ2n) is 18.3. The summed E-state index contributed by atoms with van der Waals surface area (Å²) in [6.45, 7) is 4.05. The SMILES string of the molecule is CC/C=C\C/C=C\C/C=C\CCCCCCCCCC(=O)OC(CO)COC(=O)CCCCCCCCCCCCCCCCCCCCC/C=C\CCCCCCCCCC. The summed E-state index contributed by atoms with van der Waals surface area (Å²) in [7, 11) is 0. The maximum absolute atomic E-state index is 12.2. The van der Waals surface area contributed by atoms with Crippen molar-refractivity contribution in [1.82, 2.24) is 0 Å². The number of unbranched alkanes of at least 4 members (excludes halogenated alkanes) is 34. The van der Waals surface area contributed by atoms with Crippen molar-refractivity contribution in [3.05, 3.63) is 48.6 Å². The number of allylic oxidation sites excluding steroid dienone is 8. The summed E-state index contributed by atoms with van der Waals surface area (Å²) in [5, 5.41) is 9.62. The molecule has 5 heteroatoms. The number of hydrogen-bond acceptors (Lipinski definition) is 5. The van der Waals surface area contributed by atoms with Crippen LogP contribution in [0.3, 0.4) is 0 Å². The molecule has 0 aliphatic heterocycles. The van der Waals surface area contributed by atoms with E-state index < -0.39 is 6.10 Å². The van der Waals surface area contributed by atoms with Crippen LogP contribution in [0.25, 0.3) is 0 Å². The molecule has 0 saturated heterocycles. The van der Waals surface area contributed by atoms with Gasteiger partial charge in [-0.3, -0.25) is 9.59 Å². The number of carbonyl (C=O) groups is 2. The molecule has 0 rings (SSSR count). The molecule has 0 aliphatic rings. The third kappa shape index (κ3) is 50.5. The topological polar surface area (TPSA) is 72.8 Å². The highest BCUT2D eigenvalue weighted by molar-refractivity contribution is 5.70. The van der Waals surface area contributed by atoms with E-state index in [9.17, 15) is 14.7 Å². The van der Waals surface area contributed by atoms with E-state index in [1.165, 1.54) is 193 Å². The number of aliphatic hydroxyl groups excluding tert-OH is 1. The van der Waals surface area contributed by atoms with Gasteiger partial charge in [0.25, 0.3) is 0 Å². The molecule has 0 bridgehead atoms. The van der Waals surface area contributed by atoms with Crippen LogP contribution in [0.4, 0.5) is 0 Å². The molecule has 62 heavy (non-hydrogen) atoms. The number of carbonyl (C=O) groups excluding carboxylic acids is 2. The van der Waals surface area contributed by atoms with E-state index in [0.29, 0.717) is 12.8 Å². The quantitative estimate of drug-likeness (QED) is 0.0375. The average Bonchev–Trinajstić information content (AvgIpc) is 3.28. The fourth-order valence-corrected chi connectivity index (χ4v) is 8.04. The predicted molar refractivity (Wildman–Crippen MR) is 270 cm³/mol. The summed E-state index contributed by atoms with van der Waals surface area (Å²) < 4.78 is 10.7. The van der Waals surface area contributed by atoms with E-state index in [1.54, 1.807) is 0 Å². The minimum absolute atomic E-state index is 0.0678. The van der Waals surface area contributed by atoms with Gasteiger partial charge in [-0.05, 0) is 70.6 Å². The van der Waals surface area contributed by atoms with E-state index in [-0.39, 0.29) is 25.2 Å². The molecule has 0 aromatic heterocycles. The lowest BCUT2D eigenvalue weighted by Gasteiger charge is -2.15. The molecule has 5 nitrogen and oxygen atoms in total. The second-order valence-corrected chi connectivity index (χ2v) is 18.3. The van der Waals surface area contributed by atoms with Crippen molar-refractivity contribution in [3.63, 3.8) is 0 Å². The first-order valence-electron chi connectivity index (χ1n) is 27.2. The van der Waals surface area contributed by atoms with Gasteiger partial charge in [0.05, 0.1) is 6.61 Å². The Hall–Kier alpha value is -2.14. The Morgan fingerprint density at radius 1 is 0.387 bits per heavy atom. The van der Waals surface area contributed by atoms with Gasteiger partial charge in [-0.2, -0.15) is 0 Å². The Morgan fingerprint density at radius 3 is 1.06 bits per heavy atom. The minimum atomic E-state index is -0.777. The Bertz CT molecular complexity index is 1030. The van der Waals surface area contributed by atoms with Crippen LogP contribution in [-0.2, 0) is 19.1 Å². The molecule has 1 unspecified atom stereocenters. The third-order valence-corrected chi connectivity index (χ3v) is 12.1. The fourth-order valence-electron chi connectivity index (χ4n) is 8.04. The largest absolute Gasteiger partial charge is 0.462 e. The Kier molecular flexibility index (Phi) is 51.4. The van der Waals surface area contributed by atoms with Crippen molar-refractivity contribution in [2.24, 2.45) is 0 Å². The minimum Gasteiger partial charge on any atom is -0.462 e. The first-order valence-corrected chi connectivity index (χ1v) is 27.2. The number of hydrogen-bond donors (Lipinski definition) is 1. The maximum Gasteiger partial charge on any atom is 0.306 e. The molecule has 1 N–H and O–H groups in total. The lowest BCUT2D eigenvalue weighted by atomic mass is 10.0. The summed E-state index contributed by atoms with van der Waals surface area (Å²) in [6.07, 6.45) is 69.5. The van der Waals surface area contributed by atoms with E-state index in [0.717, 1.165) is 64.2 Å². The van der Waals surface area contributed by atoms with Crippen molar-refractivity contribution in [3.8, 4) is 0 Å². The van der Waals surface area contributed by atoms with Gasteiger partial charge in [0.15, 0.2) is 6.10 Å². The number of rotatable bonds is 50. The van der Waals surface area contributed by atoms with E-state index in [2.05, 4.69) is 62.5 Å². The number of esters is 2. The van der Waals surface area contributed by atoms with E-state index in [1.807, 2.05) is 0 Å². The second kappa shape index (κ2) is 53.2. The van der Waals surface area contributed by atoms with Crippen molar-refractivity contribution < 1.29 is 24.2 Å². The van der Waals surface area contributed by atoms with Crippen LogP contribution < -0.4 is 0 Å². The van der Waals surface area contributed by atoms with Crippen molar-refractivity contribution in [2.45, 2.75) is 290 Å². The fraction of sp³-hybridized carbons (Fsp3) is 0.825. The van der Waals surface area contributed by atoms with E-state index >= 15 is 0 Å². The highest BCUT2D eigenvalue weighted by atomic mass is 16.6. The number of aliphatic hydroxyl groups is 1. The predicted octanol–water partition coefficient (Wildman–Crippen LogP) is 18.1. The molecule has 0 fully saturated rings. The zero-order valence-corrected chi connectivity index (χ0v) is 41.4. The summed E-state index contributed by atoms with van der Waals surface area (Å²) in [5.41, 5.74) is 0. The molecule has 0 spiro atoms. The van der Waals surface area contributed by atoms with Gasteiger partial charge in [0.2, 0.25) is 0 Å². The smallest absolute Gasteiger partial charge is 0.306 e. The van der Waals surface area contributed by atoms with Crippen LogP contribution in [0.15, 0.2) is 48.6 Å². The molecule has 1 atom stereocenters. The van der Waals surface area contributed by atoms with Gasteiger partial charge in [0.1, 0.15) is 6.61 Å². The first kappa shape index (κ1) is 59.9. The molecule has 0 aromatic carbocycles. The van der Waals surface area contributed by atoms with E-state index in [4.69, 9.17) is 9.47 Å². The third-order valence-electron chi connectivity index (χ3n) is 12.1. The summed E-state index contributed by atoms with van der Waals surface area (Å²) >= 11 is 0. The van der Waals surface area contributed by atoms with Crippen LogP contribution in [0.1, 0.15) is 284 Å².